The molecule has 0 saturated carbocycles. The number of aryl methyl sites for hydroxylation is 2. The lowest BCUT2D eigenvalue weighted by molar-refractivity contribution is 0.961. The summed E-state index contributed by atoms with van der Waals surface area (Å²) in [5.41, 5.74) is 5.32. The van der Waals surface area contributed by atoms with Gasteiger partial charge < -0.3 is 0 Å². The summed E-state index contributed by atoms with van der Waals surface area (Å²) in [5, 5.41) is 2.05. The molecule has 2 aromatic heterocycles. The van der Waals surface area contributed by atoms with Crippen molar-refractivity contribution >= 4 is 22.4 Å². The minimum atomic E-state index is 0.827. The van der Waals surface area contributed by atoms with Crippen molar-refractivity contribution in [3.8, 4) is 10.6 Å². The number of benzene rings is 2. The van der Waals surface area contributed by atoms with Crippen LogP contribution >= 0.6 is 11.3 Å². The van der Waals surface area contributed by atoms with Crippen LogP contribution in [0.5, 0.6) is 0 Å². The van der Waals surface area contributed by atoms with Gasteiger partial charge in [-0.3, -0.25) is 0 Å². The van der Waals surface area contributed by atoms with Crippen molar-refractivity contribution in [1.82, 2.24) is 9.97 Å². The van der Waals surface area contributed by atoms with E-state index in [4.69, 9.17) is 4.98 Å². The minimum Gasteiger partial charge on any atom is -0.243 e. The van der Waals surface area contributed by atoms with Crippen molar-refractivity contribution in [1.29, 1.82) is 0 Å². The van der Waals surface area contributed by atoms with Crippen LogP contribution in [0.4, 0.5) is 0 Å². The molecular formula is C20H15N2S. The van der Waals surface area contributed by atoms with E-state index in [0.29, 0.717) is 0 Å². The van der Waals surface area contributed by atoms with Crippen molar-refractivity contribution in [2.45, 2.75) is 12.8 Å². The Balaban J connectivity index is 1.61. The van der Waals surface area contributed by atoms with Crippen LogP contribution in [0.15, 0.2) is 66.0 Å². The topological polar surface area (TPSA) is 25.8 Å². The van der Waals surface area contributed by atoms with E-state index in [9.17, 15) is 0 Å². The van der Waals surface area contributed by atoms with Crippen LogP contribution in [0.25, 0.3) is 21.6 Å². The van der Waals surface area contributed by atoms with Crippen LogP contribution in [-0.2, 0) is 12.8 Å². The van der Waals surface area contributed by atoms with Crippen LogP contribution in [0, 0.1) is 6.20 Å². The third kappa shape index (κ3) is 3.15. The number of fused-ring (bicyclic) bond motifs is 1. The van der Waals surface area contributed by atoms with Crippen molar-refractivity contribution in [2.24, 2.45) is 0 Å². The summed E-state index contributed by atoms with van der Waals surface area (Å²) in [6, 6.07) is 21.0. The zero-order valence-electron chi connectivity index (χ0n) is 12.6. The summed E-state index contributed by atoms with van der Waals surface area (Å²) in [4.78, 5) is 10.2. The van der Waals surface area contributed by atoms with Gasteiger partial charge in [-0.2, -0.15) is 0 Å². The molecule has 0 bridgehead atoms. The van der Waals surface area contributed by atoms with Crippen molar-refractivity contribution < 1.29 is 0 Å². The number of rotatable bonds is 4. The maximum atomic E-state index is 4.73. The summed E-state index contributed by atoms with van der Waals surface area (Å²) >= 11 is 1.66. The molecule has 0 aliphatic rings. The van der Waals surface area contributed by atoms with Crippen LogP contribution in [-0.4, -0.2) is 9.97 Å². The summed E-state index contributed by atoms with van der Waals surface area (Å²) in [6.07, 6.45) is 5.09. The highest BCUT2D eigenvalue weighted by Gasteiger charge is 2.05. The van der Waals surface area contributed by atoms with Gasteiger partial charge in [0, 0.05) is 0 Å². The molecule has 0 fully saturated rings. The Morgan fingerprint density at radius 3 is 2.52 bits per heavy atom. The van der Waals surface area contributed by atoms with E-state index in [0.717, 1.165) is 34.4 Å². The standard InChI is InChI=1S/C20H15N2S/c1-2-5-15(6-3-1)8-9-16-10-11-17-18(13-16)22-19(14-21-17)20-7-4-12-23-20/h1-7,10-13H,8-9H2. The van der Waals surface area contributed by atoms with Gasteiger partial charge in [0.15, 0.2) is 0 Å². The molecule has 4 rings (SSSR count). The predicted molar refractivity (Wildman–Crippen MR) is 95.5 cm³/mol. The maximum Gasteiger partial charge on any atom is 0.119 e. The maximum absolute atomic E-state index is 4.73. The molecule has 0 N–H and O–H groups in total. The van der Waals surface area contributed by atoms with Gasteiger partial charge >= 0.3 is 0 Å². The highest BCUT2D eigenvalue weighted by Crippen LogP contribution is 2.23. The number of nitrogens with zero attached hydrogens (tertiary/aromatic N) is 2. The largest absolute Gasteiger partial charge is 0.243 e. The van der Waals surface area contributed by atoms with Gasteiger partial charge in [-0.1, -0.05) is 42.5 Å². The summed E-state index contributed by atoms with van der Waals surface area (Å²) in [5.74, 6) is 0. The summed E-state index contributed by atoms with van der Waals surface area (Å²) in [6.45, 7) is 0. The molecular weight excluding hydrogens is 300 g/mol. The molecule has 2 aromatic carbocycles. The first kappa shape index (κ1) is 14.1. The average molecular weight is 315 g/mol. The Labute approximate surface area is 139 Å². The van der Waals surface area contributed by atoms with Crippen molar-refractivity contribution in [2.75, 3.05) is 0 Å². The lowest BCUT2D eigenvalue weighted by Gasteiger charge is -2.05. The van der Waals surface area contributed by atoms with Crippen molar-refractivity contribution in [3.05, 3.63) is 83.4 Å². The van der Waals surface area contributed by atoms with Gasteiger partial charge in [0.25, 0.3) is 0 Å². The van der Waals surface area contributed by atoms with Crippen LogP contribution in [0.2, 0.25) is 0 Å². The molecule has 4 aromatic rings. The molecule has 0 amide bonds. The van der Waals surface area contributed by atoms with E-state index in [1.54, 1.807) is 11.3 Å². The third-order valence-corrected chi connectivity index (χ3v) is 4.73. The van der Waals surface area contributed by atoms with E-state index >= 15 is 0 Å². The predicted octanol–water partition coefficient (Wildman–Crippen LogP) is 4.94. The molecule has 0 unspecified atom stereocenters. The normalized spacial score (nSPS) is 11.0. The second-order valence-corrected chi connectivity index (χ2v) is 6.42. The van der Waals surface area contributed by atoms with Gasteiger partial charge in [0.2, 0.25) is 0 Å². The first-order chi connectivity index (χ1) is 11.4. The van der Waals surface area contributed by atoms with Gasteiger partial charge in [-0.25, -0.2) is 9.97 Å². The van der Waals surface area contributed by atoms with Crippen LogP contribution < -0.4 is 0 Å². The first-order valence-corrected chi connectivity index (χ1v) is 8.53. The van der Waals surface area contributed by atoms with E-state index in [1.165, 1.54) is 11.1 Å². The molecule has 1 radical (unpaired) electrons. The Bertz CT molecular complexity index is 915. The molecule has 0 saturated heterocycles. The number of hydrogen-bond acceptors (Lipinski definition) is 3. The Morgan fingerprint density at radius 1 is 0.826 bits per heavy atom. The highest BCUT2D eigenvalue weighted by molar-refractivity contribution is 7.13. The molecule has 23 heavy (non-hydrogen) atoms. The Hall–Kier alpha value is -2.52. The average Bonchev–Trinajstić information content (AvgIpc) is 3.15. The number of aromatic nitrogens is 2. The SMILES string of the molecule is [c]1nc2ccc(CCc3ccccc3)cc2nc1-c1cccs1. The zero-order chi connectivity index (χ0) is 15.5. The van der Waals surface area contributed by atoms with Gasteiger partial charge in [0.1, 0.15) is 11.9 Å². The highest BCUT2D eigenvalue weighted by atomic mass is 32.1. The summed E-state index contributed by atoms with van der Waals surface area (Å²) in [7, 11) is 0. The second kappa shape index (κ2) is 6.31. The monoisotopic (exact) mass is 315 g/mol. The van der Waals surface area contributed by atoms with Crippen molar-refractivity contribution in [3.63, 3.8) is 0 Å². The van der Waals surface area contributed by atoms with Gasteiger partial charge in [-0.15, -0.1) is 11.3 Å². The van der Waals surface area contributed by atoms with E-state index in [1.807, 2.05) is 17.5 Å². The molecule has 2 nitrogen and oxygen atoms in total. The second-order valence-electron chi connectivity index (χ2n) is 5.47. The summed E-state index contributed by atoms with van der Waals surface area (Å²) < 4.78 is 0. The van der Waals surface area contributed by atoms with Gasteiger partial charge in [-0.05, 0) is 47.5 Å². The smallest absolute Gasteiger partial charge is 0.119 e. The zero-order valence-corrected chi connectivity index (χ0v) is 13.4. The molecule has 0 spiro atoms. The fraction of sp³-hybridized carbons (Fsp3) is 0.100. The lowest BCUT2D eigenvalue weighted by Crippen LogP contribution is -1.93. The molecule has 0 aliphatic heterocycles. The first-order valence-electron chi connectivity index (χ1n) is 7.65. The molecule has 0 atom stereocenters. The fourth-order valence-corrected chi connectivity index (χ4v) is 3.29. The molecule has 2 heterocycles. The molecule has 3 heteroatoms. The Kier molecular flexibility index (Phi) is 3.86. The van der Waals surface area contributed by atoms with Crippen LogP contribution in [0.3, 0.4) is 0 Å². The minimum absolute atomic E-state index is 0.827. The molecule has 0 aliphatic carbocycles. The quantitative estimate of drug-likeness (QED) is 0.533. The van der Waals surface area contributed by atoms with Crippen LogP contribution in [0.1, 0.15) is 11.1 Å². The van der Waals surface area contributed by atoms with E-state index < -0.39 is 0 Å². The van der Waals surface area contributed by atoms with Gasteiger partial charge in [0.05, 0.1) is 15.9 Å². The molecule has 111 valence electrons. The lowest BCUT2D eigenvalue weighted by atomic mass is 10.0. The number of thiophene rings is 1. The van der Waals surface area contributed by atoms with E-state index in [-0.39, 0.29) is 0 Å². The third-order valence-electron chi connectivity index (χ3n) is 3.85. The fourth-order valence-electron chi connectivity index (χ4n) is 2.62. The number of hydrogen-bond donors (Lipinski definition) is 0. The van der Waals surface area contributed by atoms with E-state index in [2.05, 4.69) is 59.7 Å². The Morgan fingerprint density at radius 2 is 1.70 bits per heavy atom.